The Balaban J connectivity index is 1.64. The number of sulfonamides is 1. The van der Waals surface area contributed by atoms with Gasteiger partial charge in [0.05, 0.1) is 22.6 Å². The van der Waals surface area contributed by atoms with E-state index in [1.165, 1.54) is 49.3 Å². The molecule has 4 aromatic carbocycles. The number of nitro groups is 1. The van der Waals surface area contributed by atoms with Gasteiger partial charge in [0.25, 0.3) is 15.7 Å². The molecule has 268 valence electrons. The van der Waals surface area contributed by atoms with E-state index in [4.69, 9.17) is 27.9 Å². The Morgan fingerprint density at radius 1 is 0.941 bits per heavy atom. The van der Waals surface area contributed by atoms with Gasteiger partial charge in [0, 0.05) is 40.7 Å². The van der Waals surface area contributed by atoms with Crippen molar-refractivity contribution in [2.24, 2.45) is 0 Å². The smallest absolute Gasteiger partial charge is 0.273 e. The third-order valence-corrected chi connectivity index (χ3v) is 11.1. The number of ether oxygens (including phenoxy) is 1. The van der Waals surface area contributed by atoms with Gasteiger partial charge in [-0.25, -0.2) is 8.42 Å². The lowest BCUT2D eigenvalue weighted by Crippen LogP contribution is -2.54. The van der Waals surface area contributed by atoms with Crippen molar-refractivity contribution in [1.82, 2.24) is 10.2 Å². The molecule has 11 nitrogen and oxygen atoms in total. The second-order valence-electron chi connectivity index (χ2n) is 12.4. The van der Waals surface area contributed by atoms with Crippen molar-refractivity contribution in [2.75, 3.05) is 18.0 Å². The molecule has 0 aromatic heterocycles. The highest BCUT2D eigenvalue weighted by atomic mass is 35.5. The van der Waals surface area contributed by atoms with Crippen LogP contribution in [0.1, 0.15) is 42.4 Å². The van der Waals surface area contributed by atoms with Crippen molar-refractivity contribution in [3.63, 3.8) is 0 Å². The van der Waals surface area contributed by atoms with E-state index < -0.39 is 44.0 Å². The molecule has 4 aromatic rings. The van der Waals surface area contributed by atoms with Crippen LogP contribution >= 0.6 is 23.2 Å². The molecule has 1 fully saturated rings. The molecule has 1 N–H and O–H groups in total. The summed E-state index contributed by atoms with van der Waals surface area (Å²) in [5.41, 5.74) is 1.19. The fourth-order valence-corrected chi connectivity index (χ4v) is 8.01. The van der Waals surface area contributed by atoms with Crippen molar-refractivity contribution in [2.45, 2.75) is 62.6 Å². The van der Waals surface area contributed by atoms with E-state index in [0.29, 0.717) is 10.6 Å². The lowest BCUT2D eigenvalue weighted by atomic mass is 10.0. The van der Waals surface area contributed by atoms with Gasteiger partial charge in [-0.3, -0.25) is 24.0 Å². The molecule has 0 saturated heterocycles. The molecule has 14 heteroatoms. The predicted molar refractivity (Wildman–Crippen MR) is 197 cm³/mol. The third kappa shape index (κ3) is 9.18. The van der Waals surface area contributed by atoms with Gasteiger partial charge in [-0.1, -0.05) is 84.6 Å². The first-order valence-electron chi connectivity index (χ1n) is 16.4. The first kappa shape index (κ1) is 37.6. The normalized spacial score (nSPS) is 13.7. The number of rotatable bonds is 14. The average molecular weight is 754 g/mol. The number of nitrogens with zero attached hydrogens (tertiary/aromatic N) is 3. The van der Waals surface area contributed by atoms with Gasteiger partial charge in [0.15, 0.2) is 0 Å². The number of nitro benzene ring substituents is 1. The van der Waals surface area contributed by atoms with E-state index in [2.05, 4.69) is 5.32 Å². The Bertz CT molecular complexity index is 2010. The van der Waals surface area contributed by atoms with Crippen molar-refractivity contribution < 1.29 is 27.7 Å². The zero-order valence-corrected chi connectivity index (χ0v) is 30.5. The Hall–Kier alpha value is -4.65. The van der Waals surface area contributed by atoms with Crippen LogP contribution in [0, 0.1) is 17.0 Å². The van der Waals surface area contributed by atoms with Gasteiger partial charge >= 0.3 is 0 Å². The second-order valence-corrected chi connectivity index (χ2v) is 15.1. The molecule has 0 spiro atoms. The fourth-order valence-electron chi connectivity index (χ4n) is 6.20. The molecule has 0 radical (unpaired) electrons. The van der Waals surface area contributed by atoms with Crippen LogP contribution in [0.3, 0.4) is 0 Å². The van der Waals surface area contributed by atoms with Crippen LogP contribution in [0.15, 0.2) is 95.9 Å². The van der Waals surface area contributed by atoms with Crippen LogP contribution in [-0.2, 0) is 32.6 Å². The van der Waals surface area contributed by atoms with Gasteiger partial charge in [-0.15, -0.1) is 0 Å². The Kier molecular flexibility index (Phi) is 12.2. The second kappa shape index (κ2) is 16.6. The fraction of sp³-hybridized carbons (Fsp3) is 0.297. The van der Waals surface area contributed by atoms with E-state index in [9.17, 15) is 28.1 Å². The third-order valence-electron chi connectivity index (χ3n) is 8.87. The van der Waals surface area contributed by atoms with Crippen LogP contribution < -0.4 is 14.4 Å². The topological polar surface area (TPSA) is 139 Å². The van der Waals surface area contributed by atoms with E-state index in [-0.39, 0.29) is 46.9 Å². The summed E-state index contributed by atoms with van der Waals surface area (Å²) in [5, 5.41) is 15.5. The van der Waals surface area contributed by atoms with Crippen molar-refractivity contribution in [3.8, 4) is 5.75 Å². The number of methoxy groups -OCH3 is 1. The molecule has 0 bridgehead atoms. The van der Waals surface area contributed by atoms with Gasteiger partial charge in [-0.2, -0.15) is 0 Å². The van der Waals surface area contributed by atoms with Gasteiger partial charge < -0.3 is 15.0 Å². The molecule has 0 heterocycles. The summed E-state index contributed by atoms with van der Waals surface area (Å²) in [6.07, 6.45) is 3.73. The minimum absolute atomic E-state index is 0.0520. The molecular formula is C37H38Cl2N4O7S. The summed E-state index contributed by atoms with van der Waals surface area (Å²) in [4.78, 5) is 41.1. The van der Waals surface area contributed by atoms with E-state index in [1.807, 2.05) is 30.3 Å². The van der Waals surface area contributed by atoms with Gasteiger partial charge in [0.2, 0.25) is 11.8 Å². The van der Waals surface area contributed by atoms with E-state index in [0.717, 1.165) is 41.6 Å². The number of anilines is 1. The maximum absolute atomic E-state index is 14.8. The zero-order valence-electron chi connectivity index (χ0n) is 28.1. The van der Waals surface area contributed by atoms with Crippen molar-refractivity contribution in [3.05, 3.63) is 128 Å². The first-order chi connectivity index (χ1) is 24.4. The predicted octanol–water partition coefficient (Wildman–Crippen LogP) is 7.11. The number of aryl methyl sites for hydroxylation is 1. The number of carbonyl (C=O) groups is 2. The number of benzene rings is 4. The van der Waals surface area contributed by atoms with Crippen molar-refractivity contribution in [1.29, 1.82) is 0 Å². The summed E-state index contributed by atoms with van der Waals surface area (Å²) in [5.74, 6) is -1.01. The van der Waals surface area contributed by atoms with Crippen LogP contribution in [0.5, 0.6) is 5.75 Å². The Morgan fingerprint density at radius 3 is 2.29 bits per heavy atom. The maximum atomic E-state index is 14.8. The monoisotopic (exact) mass is 752 g/mol. The van der Waals surface area contributed by atoms with Crippen LogP contribution in [-0.4, -0.2) is 55.8 Å². The van der Waals surface area contributed by atoms with Gasteiger partial charge in [-0.05, 0) is 67.3 Å². The Labute approximate surface area is 307 Å². The average Bonchev–Trinajstić information content (AvgIpc) is 3.62. The number of amides is 2. The highest BCUT2D eigenvalue weighted by molar-refractivity contribution is 7.92. The number of nitrogens with one attached hydrogen (secondary N) is 1. The molecular weight excluding hydrogens is 715 g/mol. The summed E-state index contributed by atoms with van der Waals surface area (Å²) in [6.45, 7) is 0.613. The molecule has 2 amide bonds. The maximum Gasteiger partial charge on any atom is 0.273 e. The SMILES string of the molecule is COc1ccc(Cl)cc1N(CC(=O)N(Cc1cccc(Cl)c1)C(Cc1ccccc1)C(=O)NC1CCCC1)S(=O)(=O)c1ccc(C)c([N+](=O)[O-])c1. The molecule has 0 aliphatic heterocycles. The highest BCUT2D eigenvalue weighted by Crippen LogP contribution is 2.36. The minimum Gasteiger partial charge on any atom is -0.495 e. The summed E-state index contributed by atoms with van der Waals surface area (Å²) >= 11 is 12.7. The molecule has 1 atom stereocenters. The minimum atomic E-state index is -4.69. The van der Waals surface area contributed by atoms with Crippen LogP contribution in [0.25, 0.3) is 0 Å². The van der Waals surface area contributed by atoms with E-state index >= 15 is 0 Å². The standard InChI is InChI=1S/C37H38Cl2N4O7S/c1-25-15-17-31(22-32(25)43(46)47)51(48,49)42(33-21-29(39)16-18-35(33)50-2)24-36(44)41(23-27-11-8-12-28(38)19-27)34(20-26-9-4-3-5-10-26)37(45)40-30-13-6-7-14-30/h3-5,8-12,15-19,21-22,30,34H,6-7,13-14,20,23-24H2,1-2H3,(H,40,45). The van der Waals surface area contributed by atoms with Crippen LogP contribution in [0.2, 0.25) is 10.0 Å². The number of carbonyl (C=O) groups excluding carboxylic acids is 2. The lowest BCUT2D eigenvalue weighted by Gasteiger charge is -2.34. The summed E-state index contributed by atoms with van der Waals surface area (Å²) in [6, 6.07) is 22.8. The Morgan fingerprint density at radius 2 is 1.63 bits per heavy atom. The highest BCUT2D eigenvalue weighted by Gasteiger charge is 2.37. The summed E-state index contributed by atoms with van der Waals surface area (Å²) < 4.78 is 35.4. The molecule has 1 aliphatic rings. The number of halogens is 2. The summed E-state index contributed by atoms with van der Waals surface area (Å²) in [7, 11) is -3.35. The zero-order chi connectivity index (χ0) is 36.7. The number of hydrogen-bond acceptors (Lipinski definition) is 7. The molecule has 5 rings (SSSR count). The first-order valence-corrected chi connectivity index (χ1v) is 18.6. The van der Waals surface area contributed by atoms with Gasteiger partial charge in [0.1, 0.15) is 18.3 Å². The van der Waals surface area contributed by atoms with Crippen molar-refractivity contribution >= 4 is 56.4 Å². The lowest BCUT2D eigenvalue weighted by molar-refractivity contribution is -0.385. The van der Waals surface area contributed by atoms with Crippen LogP contribution in [0.4, 0.5) is 11.4 Å². The largest absolute Gasteiger partial charge is 0.495 e. The molecule has 1 aliphatic carbocycles. The molecule has 1 saturated carbocycles. The molecule has 1 unspecified atom stereocenters. The molecule has 51 heavy (non-hydrogen) atoms. The number of hydrogen-bond donors (Lipinski definition) is 1. The van der Waals surface area contributed by atoms with E-state index in [1.54, 1.807) is 24.3 Å². The quantitative estimate of drug-likeness (QED) is 0.107.